The minimum Gasteiger partial charge on any atom is -0.456 e. The summed E-state index contributed by atoms with van der Waals surface area (Å²) in [6.07, 6.45) is 0. The van der Waals surface area contributed by atoms with Crippen LogP contribution in [0.5, 0.6) is 0 Å². The SMILES string of the molecule is c1ccc2c(c1)-c1cccc3c1c-2cc1c3c2cc(-c3ccc4oc5ccccc5c4c3)ccc2n1-c1ccc(-n2c3ccccc3c3ccccc32)cc1. The summed E-state index contributed by atoms with van der Waals surface area (Å²) in [6.45, 7) is 0. The van der Waals surface area contributed by atoms with Gasteiger partial charge in [0, 0.05) is 43.7 Å². The second-order valence-electron chi connectivity index (χ2n) is 14.9. The Bertz CT molecular complexity index is 3540. The van der Waals surface area contributed by atoms with Gasteiger partial charge in [-0.15, -0.1) is 0 Å². The zero-order chi connectivity index (χ0) is 35.8. The number of hydrogen-bond acceptors (Lipinski definition) is 1. The summed E-state index contributed by atoms with van der Waals surface area (Å²) in [5.74, 6) is 0. The Balaban J connectivity index is 1.07. The van der Waals surface area contributed by atoms with Gasteiger partial charge in [-0.1, -0.05) is 109 Å². The van der Waals surface area contributed by atoms with Gasteiger partial charge in [-0.05, 0) is 117 Å². The van der Waals surface area contributed by atoms with Crippen LogP contribution in [0, 0.1) is 0 Å². The lowest BCUT2D eigenvalue weighted by Crippen LogP contribution is -1.97. The van der Waals surface area contributed by atoms with Crippen LogP contribution >= 0.6 is 0 Å². The van der Waals surface area contributed by atoms with Crippen molar-refractivity contribution >= 4 is 76.3 Å². The molecule has 0 unspecified atom stereocenters. The van der Waals surface area contributed by atoms with Crippen LogP contribution in [0.3, 0.4) is 0 Å². The fourth-order valence-corrected chi connectivity index (χ4v) is 9.69. The predicted octanol–water partition coefficient (Wildman–Crippen LogP) is 14.2. The second-order valence-corrected chi connectivity index (χ2v) is 14.9. The maximum absolute atomic E-state index is 6.20. The smallest absolute Gasteiger partial charge is 0.135 e. The van der Waals surface area contributed by atoms with E-state index in [0.717, 1.165) is 33.3 Å². The van der Waals surface area contributed by atoms with Crippen molar-refractivity contribution < 1.29 is 4.42 Å². The quantitative estimate of drug-likeness (QED) is 0.180. The van der Waals surface area contributed by atoms with Crippen molar-refractivity contribution in [3.8, 4) is 44.8 Å². The summed E-state index contributed by atoms with van der Waals surface area (Å²) < 4.78 is 11.1. The molecule has 0 saturated heterocycles. The van der Waals surface area contributed by atoms with E-state index in [1.807, 2.05) is 12.1 Å². The Morgan fingerprint density at radius 2 is 0.818 bits per heavy atom. The van der Waals surface area contributed by atoms with Gasteiger partial charge < -0.3 is 13.6 Å². The van der Waals surface area contributed by atoms with E-state index >= 15 is 0 Å². The molecular weight excluding hydrogens is 669 g/mol. The predicted molar refractivity (Wildman–Crippen MR) is 230 cm³/mol. The number of benzene rings is 9. The molecule has 1 aliphatic rings. The molecule has 0 atom stereocenters. The summed E-state index contributed by atoms with van der Waals surface area (Å²) in [5, 5.41) is 9.99. The standard InChI is InChI=1S/C52H30N2O/c1-2-11-36-35(10-1)40-15-9-16-41-51(40)43(36)30-48-52(41)44-29-31(32-21-27-50-42(28-32)39-14-5-8-19-49(39)55-50)20-26-47(44)54(48)34-24-22-33(23-25-34)53-45-17-6-3-12-37(45)38-13-4-7-18-46(38)53/h1-30H. The van der Waals surface area contributed by atoms with Gasteiger partial charge in [-0.25, -0.2) is 0 Å². The molecule has 0 N–H and O–H groups in total. The first-order valence-electron chi connectivity index (χ1n) is 18.9. The molecule has 3 nitrogen and oxygen atoms in total. The number of aromatic nitrogens is 2. The lowest BCUT2D eigenvalue weighted by atomic mass is 9.96. The van der Waals surface area contributed by atoms with Crippen LogP contribution in [0.1, 0.15) is 0 Å². The first kappa shape index (κ1) is 29.1. The van der Waals surface area contributed by atoms with Crippen molar-refractivity contribution in [2.24, 2.45) is 0 Å². The summed E-state index contributed by atoms with van der Waals surface area (Å²) in [4.78, 5) is 0. The van der Waals surface area contributed by atoms with Gasteiger partial charge in [0.2, 0.25) is 0 Å². The van der Waals surface area contributed by atoms with E-state index in [1.54, 1.807) is 0 Å². The maximum Gasteiger partial charge on any atom is 0.135 e. The molecule has 254 valence electrons. The van der Waals surface area contributed by atoms with E-state index in [1.165, 1.54) is 87.8 Å². The zero-order valence-corrected chi connectivity index (χ0v) is 29.6. The number of para-hydroxylation sites is 3. The Hall–Kier alpha value is -7.36. The van der Waals surface area contributed by atoms with Gasteiger partial charge in [-0.3, -0.25) is 0 Å². The van der Waals surface area contributed by atoms with Gasteiger partial charge in [0.05, 0.1) is 22.1 Å². The van der Waals surface area contributed by atoms with Crippen LogP contribution in [-0.4, -0.2) is 9.13 Å². The molecule has 0 aliphatic heterocycles. The molecule has 1 aliphatic carbocycles. The van der Waals surface area contributed by atoms with Crippen molar-refractivity contribution in [2.45, 2.75) is 0 Å². The summed E-state index contributed by atoms with van der Waals surface area (Å²) >= 11 is 0. The molecule has 0 bridgehead atoms. The lowest BCUT2D eigenvalue weighted by molar-refractivity contribution is 0.669. The summed E-state index contributed by atoms with van der Waals surface area (Å²) in [5.41, 5.74) is 16.5. The highest BCUT2D eigenvalue weighted by atomic mass is 16.3. The van der Waals surface area contributed by atoms with E-state index in [-0.39, 0.29) is 0 Å². The highest BCUT2D eigenvalue weighted by Crippen LogP contribution is 2.51. The van der Waals surface area contributed by atoms with Gasteiger partial charge in [0.1, 0.15) is 11.2 Å². The third-order valence-corrected chi connectivity index (χ3v) is 12.1. The van der Waals surface area contributed by atoms with E-state index in [0.29, 0.717) is 0 Å². The minimum absolute atomic E-state index is 0.913. The molecule has 0 spiro atoms. The molecule has 3 heterocycles. The number of furan rings is 1. The molecule has 13 rings (SSSR count). The first-order chi connectivity index (χ1) is 27.3. The Morgan fingerprint density at radius 1 is 0.291 bits per heavy atom. The van der Waals surface area contributed by atoms with Crippen molar-refractivity contribution in [1.29, 1.82) is 0 Å². The van der Waals surface area contributed by atoms with Crippen molar-refractivity contribution in [2.75, 3.05) is 0 Å². The van der Waals surface area contributed by atoms with Gasteiger partial charge in [0.25, 0.3) is 0 Å². The van der Waals surface area contributed by atoms with E-state index < -0.39 is 0 Å². The van der Waals surface area contributed by atoms with E-state index in [4.69, 9.17) is 4.42 Å². The van der Waals surface area contributed by atoms with Crippen molar-refractivity contribution in [1.82, 2.24) is 9.13 Å². The second kappa shape index (κ2) is 10.6. The summed E-state index contributed by atoms with van der Waals surface area (Å²) in [6, 6.07) is 66.6. The fourth-order valence-electron chi connectivity index (χ4n) is 9.69. The Labute approximate surface area is 315 Å². The molecule has 0 fully saturated rings. The van der Waals surface area contributed by atoms with Crippen molar-refractivity contribution in [3.63, 3.8) is 0 Å². The lowest BCUT2D eigenvalue weighted by Gasteiger charge is -2.12. The first-order valence-corrected chi connectivity index (χ1v) is 18.9. The van der Waals surface area contributed by atoms with E-state index in [9.17, 15) is 0 Å². The molecule has 3 aromatic heterocycles. The summed E-state index contributed by atoms with van der Waals surface area (Å²) in [7, 11) is 0. The van der Waals surface area contributed by atoms with Gasteiger partial charge in [0.15, 0.2) is 0 Å². The highest BCUT2D eigenvalue weighted by molar-refractivity contribution is 6.29. The maximum atomic E-state index is 6.20. The zero-order valence-electron chi connectivity index (χ0n) is 29.6. The molecule has 0 saturated carbocycles. The largest absolute Gasteiger partial charge is 0.456 e. The molecule has 55 heavy (non-hydrogen) atoms. The molecule has 0 radical (unpaired) electrons. The average molecular weight is 699 g/mol. The highest BCUT2D eigenvalue weighted by Gasteiger charge is 2.26. The number of fused-ring (bicyclic) bond motifs is 13. The number of rotatable bonds is 3. The molecular formula is C52H30N2O. The fraction of sp³-hybridized carbons (Fsp3) is 0. The van der Waals surface area contributed by atoms with Gasteiger partial charge in [-0.2, -0.15) is 0 Å². The Morgan fingerprint density at radius 3 is 1.56 bits per heavy atom. The van der Waals surface area contributed by atoms with Crippen LogP contribution in [0.15, 0.2) is 186 Å². The number of hydrogen-bond donors (Lipinski definition) is 0. The van der Waals surface area contributed by atoms with Crippen molar-refractivity contribution in [3.05, 3.63) is 182 Å². The molecule has 3 heteroatoms. The monoisotopic (exact) mass is 698 g/mol. The molecule has 0 amide bonds. The topological polar surface area (TPSA) is 23.0 Å². The molecule has 12 aromatic rings. The molecule has 9 aromatic carbocycles. The van der Waals surface area contributed by atoms with Crippen LogP contribution in [0.4, 0.5) is 0 Å². The number of nitrogens with zero attached hydrogens (tertiary/aromatic N) is 2. The van der Waals surface area contributed by atoms with Crippen LogP contribution in [0.2, 0.25) is 0 Å². The van der Waals surface area contributed by atoms with Gasteiger partial charge >= 0.3 is 0 Å². The van der Waals surface area contributed by atoms with E-state index in [2.05, 4.69) is 179 Å². The third-order valence-electron chi connectivity index (χ3n) is 12.1. The van der Waals surface area contributed by atoms with Crippen LogP contribution in [-0.2, 0) is 0 Å². The normalized spacial score (nSPS) is 12.4. The average Bonchev–Trinajstić information content (AvgIpc) is 3.98. The van der Waals surface area contributed by atoms with Crippen LogP contribution < -0.4 is 0 Å². The van der Waals surface area contributed by atoms with Crippen LogP contribution in [0.25, 0.3) is 121 Å². The minimum atomic E-state index is 0.913. The Kier molecular flexibility index (Phi) is 5.63. The third kappa shape index (κ3) is 3.89.